The van der Waals surface area contributed by atoms with Crippen molar-refractivity contribution in [2.75, 3.05) is 6.26 Å². The van der Waals surface area contributed by atoms with Crippen molar-refractivity contribution in [2.45, 2.75) is 0 Å². The van der Waals surface area contributed by atoms with Crippen molar-refractivity contribution < 1.29 is 12.4 Å². The highest BCUT2D eigenvalue weighted by Crippen LogP contribution is 1.79. The van der Waals surface area contributed by atoms with Gasteiger partial charge in [0.05, 0.1) is 6.26 Å². The molecule has 54 valence electrons. The third kappa shape index (κ3) is 1.54. The predicted molar refractivity (Wildman–Crippen MR) is 36.9 cm³/mol. The summed E-state index contributed by atoms with van der Waals surface area (Å²) in [5, 5.41) is 0. The van der Waals surface area contributed by atoms with Crippen molar-refractivity contribution in [3.8, 4) is 0 Å². The largest absolute Gasteiger partial charge is 0.366 e. The summed E-state index contributed by atoms with van der Waals surface area (Å²) in [5.74, 6) is 0. The average Bonchev–Trinajstić information content (AvgIpc) is 1.88. The highest BCUT2D eigenvalue weighted by atomic mass is 32.2. The molecule has 0 aromatic carbocycles. The Morgan fingerprint density at radius 3 is 1.90 bits per heavy atom. The van der Waals surface area contributed by atoms with Gasteiger partial charge in [0.25, 0.3) is 0 Å². The summed E-state index contributed by atoms with van der Waals surface area (Å²) in [7, 11) is -3.09. The van der Waals surface area contributed by atoms with Crippen molar-refractivity contribution in [3.05, 3.63) is 30.6 Å². The van der Waals surface area contributed by atoms with Crippen molar-refractivity contribution in [3.63, 3.8) is 0 Å². The van der Waals surface area contributed by atoms with Crippen molar-refractivity contribution in [1.29, 1.82) is 0 Å². The van der Waals surface area contributed by atoms with Gasteiger partial charge in [-0.25, -0.2) is 0 Å². The van der Waals surface area contributed by atoms with Gasteiger partial charge in [-0.1, -0.05) is 10.0 Å². The van der Waals surface area contributed by atoms with Gasteiger partial charge in [-0.2, -0.15) is 8.42 Å². The molecule has 0 radical (unpaired) electrons. The standard InChI is InChI=1S/C6H8NO2S/c1-10(8,9)7-5-3-2-4-6-7/h2-6H,1H3/q+1. The monoisotopic (exact) mass is 158 g/mol. The number of hydrogen-bond donors (Lipinski definition) is 0. The second-order valence-electron chi connectivity index (χ2n) is 1.97. The van der Waals surface area contributed by atoms with Crippen LogP contribution in [0.15, 0.2) is 30.6 Å². The molecule has 0 bridgehead atoms. The summed E-state index contributed by atoms with van der Waals surface area (Å²) >= 11 is 0. The maximum Gasteiger partial charge on any atom is 0.366 e. The molecule has 0 amide bonds. The fraction of sp³-hybridized carbons (Fsp3) is 0.167. The maximum atomic E-state index is 10.8. The minimum atomic E-state index is -3.09. The lowest BCUT2D eigenvalue weighted by Crippen LogP contribution is -2.40. The van der Waals surface area contributed by atoms with Crippen LogP contribution in [0.2, 0.25) is 0 Å². The molecule has 1 heterocycles. The van der Waals surface area contributed by atoms with Gasteiger partial charge in [-0.15, -0.1) is 0 Å². The third-order valence-corrected chi connectivity index (χ3v) is 2.08. The van der Waals surface area contributed by atoms with Crippen LogP contribution in [0, 0.1) is 0 Å². The second kappa shape index (κ2) is 2.38. The molecule has 1 aromatic rings. The molecule has 0 saturated carbocycles. The lowest BCUT2D eigenvalue weighted by atomic mass is 10.5. The van der Waals surface area contributed by atoms with Crippen molar-refractivity contribution in [1.82, 2.24) is 0 Å². The molecule has 1 aromatic heterocycles. The van der Waals surface area contributed by atoms with E-state index in [0.29, 0.717) is 0 Å². The van der Waals surface area contributed by atoms with Gasteiger partial charge in [0, 0.05) is 12.1 Å². The minimum Gasteiger partial charge on any atom is -0.163 e. The molecule has 10 heavy (non-hydrogen) atoms. The van der Waals surface area contributed by atoms with E-state index in [0.717, 1.165) is 10.2 Å². The Kier molecular flexibility index (Phi) is 1.72. The quantitative estimate of drug-likeness (QED) is 0.530. The highest BCUT2D eigenvalue weighted by molar-refractivity contribution is 7.84. The Hall–Kier alpha value is -0.900. The first-order valence-corrected chi connectivity index (χ1v) is 4.62. The van der Waals surface area contributed by atoms with E-state index >= 15 is 0 Å². The molecule has 1 rings (SSSR count). The number of pyridine rings is 1. The van der Waals surface area contributed by atoms with Gasteiger partial charge in [-0.05, 0) is 0 Å². The first kappa shape index (κ1) is 7.21. The van der Waals surface area contributed by atoms with E-state index in [2.05, 4.69) is 0 Å². The smallest absolute Gasteiger partial charge is 0.163 e. The molecular weight excluding hydrogens is 150 g/mol. The molecule has 0 aliphatic rings. The zero-order valence-electron chi connectivity index (χ0n) is 5.56. The van der Waals surface area contributed by atoms with Gasteiger partial charge >= 0.3 is 10.0 Å². The normalized spacial score (nSPS) is 11.3. The van der Waals surface area contributed by atoms with Gasteiger partial charge in [0.1, 0.15) is 0 Å². The van der Waals surface area contributed by atoms with E-state index < -0.39 is 10.0 Å². The fourth-order valence-electron chi connectivity index (χ4n) is 0.604. The Labute approximate surface area is 60.0 Å². The lowest BCUT2D eigenvalue weighted by molar-refractivity contribution is -0.510. The summed E-state index contributed by atoms with van der Waals surface area (Å²) in [5.41, 5.74) is 0. The molecule has 0 fully saturated rings. The third-order valence-electron chi connectivity index (χ3n) is 1.07. The first-order valence-electron chi connectivity index (χ1n) is 2.77. The Morgan fingerprint density at radius 1 is 1.10 bits per heavy atom. The molecular formula is C6H8NO2S+. The van der Waals surface area contributed by atoms with Crippen LogP contribution >= 0.6 is 0 Å². The Morgan fingerprint density at radius 2 is 1.60 bits per heavy atom. The van der Waals surface area contributed by atoms with E-state index in [1.807, 2.05) is 0 Å². The SMILES string of the molecule is CS(=O)(=O)[n+]1ccccc1. The molecule has 0 aliphatic carbocycles. The van der Waals surface area contributed by atoms with Crippen LogP contribution in [0.4, 0.5) is 0 Å². The van der Waals surface area contributed by atoms with Gasteiger partial charge < -0.3 is 0 Å². The average molecular weight is 158 g/mol. The Bertz CT molecular complexity index is 304. The van der Waals surface area contributed by atoms with Crippen LogP contribution in [0.1, 0.15) is 0 Å². The zero-order valence-corrected chi connectivity index (χ0v) is 6.38. The summed E-state index contributed by atoms with van der Waals surface area (Å²) in [4.78, 5) is 0. The molecule has 0 atom stereocenters. The van der Waals surface area contributed by atoms with E-state index in [4.69, 9.17) is 0 Å². The molecule has 3 nitrogen and oxygen atoms in total. The van der Waals surface area contributed by atoms with E-state index in [1.54, 1.807) is 18.2 Å². The van der Waals surface area contributed by atoms with Crippen LogP contribution in [0.5, 0.6) is 0 Å². The van der Waals surface area contributed by atoms with Crippen LogP contribution in [-0.4, -0.2) is 14.7 Å². The maximum absolute atomic E-state index is 10.8. The van der Waals surface area contributed by atoms with E-state index in [9.17, 15) is 8.42 Å². The minimum absolute atomic E-state index is 1.16. The molecule has 0 N–H and O–H groups in total. The van der Waals surface area contributed by atoms with Crippen molar-refractivity contribution in [2.24, 2.45) is 0 Å². The highest BCUT2D eigenvalue weighted by Gasteiger charge is 2.10. The van der Waals surface area contributed by atoms with Crippen LogP contribution in [-0.2, 0) is 10.0 Å². The summed E-state index contributed by atoms with van der Waals surface area (Å²) in [6, 6.07) is 5.10. The van der Waals surface area contributed by atoms with Crippen LogP contribution in [0.3, 0.4) is 0 Å². The topological polar surface area (TPSA) is 38.0 Å². The number of nitrogens with zero attached hydrogens (tertiary/aromatic N) is 1. The molecule has 0 unspecified atom stereocenters. The second-order valence-corrected chi connectivity index (χ2v) is 3.86. The Balaban J connectivity index is 3.22. The predicted octanol–water partition coefficient (Wildman–Crippen LogP) is -0.218. The molecule has 0 spiro atoms. The zero-order chi connectivity index (χ0) is 7.61. The van der Waals surface area contributed by atoms with Crippen molar-refractivity contribution >= 4 is 10.0 Å². The summed E-state index contributed by atoms with van der Waals surface area (Å²) in [6.45, 7) is 0. The number of aromatic nitrogens is 1. The molecule has 0 saturated heterocycles. The summed E-state index contributed by atoms with van der Waals surface area (Å²) in [6.07, 6.45) is 4.15. The number of hydrogen-bond acceptors (Lipinski definition) is 2. The van der Waals surface area contributed by atoms with Crippen LogP contribution in [0.25, 0.3) is 0 Å². The van der Waals surface area contributed by atoms with E-state index in [1.165, 1.54) is 12.4 Å². The first-order chi connectivity index (χ1) is 4.61. The lowest BCUT2D eigenvalue weighted by Gasteiger charge is -1.87. The number of rotatable bonds is 1. The van der Waals surface area contributed by atoms with Gasteiger partial charge in [0.2, 0.25) is 0 Å². The molecule has 4 heteroatoms. The van der Waals surface area contributed by atoms with Gasteiger partial charge in [-0.3, -0.25) is 0 Å². The molecule has 0 aliphatic heterocycles. The van der Waals surface area contributed by atoms with Gasteiger partial charge in [0.15, 0.2) is 12.4 Å². The van der Waals surface area contributed by atoms with E-state index in [-0.39, 0.29) is 0 Å². The van der Waals surface area contributed by atoms with Crippen LogP contribution < -0.4 is 3.97 Å². The summed E-state index contributed by atoms with van der Waals surface area (Å²) < 4.78 is 22.8. The fourth-order valence-corrected chi connectivity index (χ4v) is 1.19.